The summed E-state index contributed by atoms with van der Waals surface area (Å²) in [7, 11) is 0. The van der Waals surface area contributed by atoms with Crippen LogP contribution < -0.4 is 0 Å². The minimum absolute atomic E-state index is 0.556. The maximum absolute atomic E-state index is 5.55. The zero-order chi connectivity index (χ0) is 25.6. The average Bonchev–Trinajstić information content (AvgIpc) is 2.73. The lowest BCUT2D eigenvalue weighted by atomic mass is 10.9. The van der Waals surface area contributed by atoms with Gasteiger partial charge in [-0.15, -0.1) is 0 Å². The molecule has 0 spiro atoms. The molecule has 0 fully saturated rings. The largest absolute Gasteiger partial charge is 0.322 e. The number of rotatable bonds is 21. The van der Waals surface area contributed by atoms with Crippen molar-refractivity contribution < 1.29 is 27.1 Å². The van der Waals surface area contributed by atoms with Crippen molar-refractivity contribution in [1.82, 2.24) is 0 Å². The first-order valence-corrected chi connectivity index (χ1v) is 24.7. The maximum atomic E-state index is 5.55. The molecule has 0 amide bonds. The quantitative estimate of drug-likeness (QED) is 0.0672. The second kappa shape index (κ2) is 24.2. The fourth-order valence-electron chi connectivity index (χ4n) is 1.79. The summed E-state index contributed by atoms with van der Waals surface area (Å²) in [5.41, 5.74) is -6.53. The van der Waals surface area contributed by atoms with Gasteiger partial charge in [-0.3, -0.25) is 0 Å². The molecule has 0 heterocycles. The van der Waals surface area contributed by atoms with E-state index in [1.807, 2.05) is 53.3 Å². The van der Waals surface area contributed by atoms with Gasteiger partial charge in [0.25, 0.3) is 0 Å². The normalized spacial score (nSPS) is 12.5. The summed E-state index contributed by atoms with van der Waals surface area (Å²) in [5.74, 6) is 3.31. The molecule has 0 rings (SSSR count). The van der Waals surface area contributed by atoms with Gasteiger partial charge in [-0.2, -0.15) is 11.8 Å². The van der Waals surface area contributed by atoms with Crippen LogP contribution >= 0.6 is 63.0 Å². The van der Waals surface area contributed by atoms with E-state index in [-0.39, 0.29) is 0 Å². The molecule has 0 aromatic carbocycles. The molecular formula is C17H41O6P3S7. The molecule has 16 heteroatoms. The van der Waals surface area contributed by atoms with Gasteiger partial charge in [-0.1, -0.05) is 41.1 Å². The van der Waals surface area contributed by atoms with E-state index in [4.69, 9.17) is 62.6 Å². The summed E-state index contributed by atoms with van der Waals surface area (Å²) >= 11 is 22.8. The molecule has 0 aromatic rings. The third-order valence-corrected chi connectivity index (χ3v) is 21.5. The number of thioether (sulfide) groups is 1. The van der Waals surface area contributed by atoms with E-state index in [9.17, 15) is 0 Å². The molecule has 202 valence electrons. The lowest BCUT2D eigenvalue weighted by Gasteiger charge is -2.23. The molecule has 0 unspecified atom stereocenters. The summed E-state index contributed by atoms with van der Waals surface area (Å²) in [6.07, 6.45) is 0. The summed E-state index contributed by atoms with van der Waals surface area (Å²) in [6, 6.07) is 0. The lowest BCUT2D eigenvalue weighted by molar-refractivity contribution is 0.280. The second-order valence-corrected chi connectivity index (χ2v) is 26.1. The predicted molar refractivity (Wildman–Crippen MR) is 168 cm³/mol. The van der Waals surface area contributed by atoms with Crippen LogP contribution in [0.15, 0.2) is 0 Å². The van der Waals surface area contributed by atoms with Crippen LogP contribution in [0.4, 0.5) is 0 Å². The fourth-order valence-corrected chi connectivity index (χ4v) is 20.4. The molecule has 0 bridgehead atoms. The Hall–Kier alpha value is 3.11. The van der Waals surface area contributed by atoms with Gasteiger partial charge < -0.3 is 27.1 Å². The topological polar surface area (TPSA) is 55.4 Å². The average molecular weight is 659 g/mol. The van der Waals surface area contributed by atoms with Crippen LogP contribution in [0, 0.1) is 0 Å². The van der Waals surface area contributed by atoms with E-state index in [0.29, 0.717) is 44.7 Å². The van der Waals surface area contributed by atoms with Crippen molar-refractivity contribution in [3.8, 4) is 0 Å². The monoisotopic (exact) mass is 658 g/mol. The molecule has 0 aliphatic heterocycles. The lowest BCUT2D eigenvalue weighted by Crippen LogP contribution is -1.94. The molecular weight excluding hydrogens is 618 g/mol. The highest BCUT2D eigenvalue weighted by molar-refractivity contribution is 8.76. The van der Waals surface area contributed by atoms with Gasteiger partial charge in [-0.05, 0) is 82.7 Å². The van der Waals surface area contributed by atoms with Gasteiger partial charge in [0.05, 0.1) is 44.7 Å². The van der Waals surface area contributed by atoms with Crippen LogP contribution in [0.3, 0.4) is 0 Å². The Balaban J connectivity index is 0. The van der Waals surface area contributed by atoms with Crippen molar-refractivity contribution in [3.05, 3.63) is 0 Å². The Bertz CT molecular complexity index is 543. The van der Waals surface area contributed by atoms with Gasteiger partial charge in [-0.25, -0.2) is 0 Å². The second-order valence-electron chi connectivity index (χ2n) is 5.25. The molecule has 0 aromatic heterocycles. The van der Waals surface area contributed by atoms with E-state index in [0.717, 1.165) is 17.3 Å². The van der Waals surface area contributed by atoms with Gasteiger partial charge >= 0.3 is 0 Å². The van der Waals surface area contributed by atoms with Crippen molar-refractivity contribution in [3.63, 3.8) is 0 Å². The third-order valence-electron chi connectivity index (χ3n) is 2.83. The fraction of sp³-hybridized carbons (Fsp3) is 1.00. The third kappa shape index (κ3) is 21.7. The number of hydrogen-bond acceptors (Lipinski definition) is 13. The molecule has 0 aliphatic rings. The van der Waals surface area contributed by atoms with Crippen LogP contribution in [0.5, 0.6) is 0 Å². The van der Waals surface area contributed by atoms with Crippen LogP contribution in [-0.4, -0.2) is 62.0 Å². The molecule has 6 nitrogen and oxygen atoms in total. The van der Waals surface area contributed by atoms with E-state index in [2.05, 4.69) is 6.92 Å². The molecule has 0 radical (unpaired) electrons. The minimum Gasteiger partial charge on any atom is -0.322 e. The first-order chi connectivity index (χ1) is 15.6. The zero-order valence-corrected chi connectivity index (χ0v) is 29.1. The molecule has 0 saturated heterocycles. The Labute approximate surface area is 234 Å². The zero-order valence-electron chi connectivity index (χ0n) is 20.7. The van der Waals surface area contributed by atoms with Crippen molar-refractivity contribution in [1.29, 1.82) is 0 Å². The van der Waals surface area contributed by atoms with Crippen molar-refractivity contribution in [2.45, 2.75) is 48.5 Å². The first kappa shape index (κ1) is 38.3. The molecule has 0 N–H and O–H groups in total. The van der Waals surface area contributed by atoms with Crippen molar-refractivity contribution >= 4 is 98.4 Å². The highest BCUT2D eigenvalue weighted by atomic mass is 32.9. The summed E-state index contributed by atoms with van der Waals surface area (Å²) in [4.78, 5) is 0. The van der Waals surface area contributed by atoms with E-state index < -0.39 is 17.1 Å². The Morgan fingerprint density at radius 1 is 0.485 bits per heavy atom. The summed E-state index contributed by atoms with van der Waals surface area (Å²) in [5, 5.41) is 0.661. The molecule has 0 aliphatic carbocycles. The van der Waals surface area contributed by atoms with Crippen LogP contribution in [0.2, 0.25) is 0 Å². The van der Waals surface area contributed by atoms with Gasteiger partial charge in [0, 0.05) is 11.5 Å². The smallest absolute Gasteiger partial charge is 0.248 e. The van der Waals surface area contributed by atoms with Crippen LogP contribution in [0.25, 0.3) is 0 Å². The van der Waals surface area contributed by atoms with E-state index >= 15 is 0 Å². The summed E-state index contributed by atoms with van der Waals surface area (Å²) < 4.78 is 33.2. The van der Waals surface area contributed by atoms with E-state index in [1.165, 1.54) is 22.8 Å². The maximum Gasteiger partial charge on any atom is 0.248 e. The highest BCUT2D eigenvalue weighted by Crippen LogP contribution is 2.68. The molecule has 0 atom stereocenters. The van der Waals surface area contributed by atoms with Gasteiger partial charge in [0.2, 0.25) is 17.1 Å². The Morgan fingerprint density at radius 2 is 0.788 bits per heavy atom. The Morgan fingerprint density at radius 3 is 1.06 bits per heavy atom. The molecule has 0 saturated carbocycles. The van der Waals surface area contributed by atoms with E-state index in [1.54, 1.807) is 11.4 Å². The summed E-state index contributed by atoms with van der Waals surface area (Å²) in [6.45, 7) is 17.3. The van der Waals surface area contributed by atoms with Crippen molar-refractivity contribution in [2.24, 2.45) is 0 Å². The SMILES string of the molecule is CCOP(=S)(OCC)SCCSCC.CCOP(=S)(OCC)SCSP(=S)(OCC)OCC. The van der Waals surface area contributed by atoms with Crippen molar-refractivity contribution in [2.75, 3.05) is 62.0 Å². The van der Waals surface area contributed by atoms with Crippen LogP contribution in [-0.2, 0) is 62.6 Å². The minimum atomic E-state index is -2.25. The highest BCUT2D eigenvalue weighted by Gasteiger charge is 2.24. The van der Waals surface area contributed by atoms with Gasteiger partial charge in [0.15, 0.2) is 0 Å². The van der Waals surface area contributed by atoms with Gasteiger partial charge in [0.1, 0.15) is 0 Å². The first-order valence-electron chi connectivity index (χ1n) is 10.8. The number of hydrogen-bond donors (Lipinski definition) is 0. The standard InChI is InChI=1S/C9H22O4P2S4.C8H19O2PS3/c1-5-10-14(16,11-6-2)18-9-19-15(17,12-7-3)13-8-4;1-4-9-11(12,10-5-2)14-8-7-13-6-3/h5-9H2,1-4H3;4-8H2,1-3H3. The Kier molecular flexibility index (Phi) is 28.0. The van der Waals surface area contributed by atoms with Crippen LogP contribution in [0.1, 0.15) is 48.5 Å². The molecule has 33 heavy (non-hydrogen) atoms. The predicted octanol–water partition coefficient (Wildman–Crippen LogP) is 8.78.